The monoisotopic (exact) mass is 286 g/mol. The Kier molecular flexibility index (Phi) is 4.46. The van der Waals surface area contributed by atoms with Crippen LogP contribution in [0.25, 0.3) is 0 Å². The van der Waals surface area contributed by atoms with E-state index in [-0.39, 0.29) is 5.97 Å². The second kappa shape index (κ2) is 6.12. The smallest absolute Gasteiger partial charge is 0.357 e. The highest BCUT2D eigenvalue weighted by Gasteiger charge is 2.35. The van der Waals surface area contributed by atoms with Gasteiger partial charge < -0.3 is 9.30 Å². The molecule has 0 spiro atoms. The molecule has 0 radical (unpaired) electrons. The summed E-state index contributed by atoms with van der Waals surface area (Å²) in [5.41, 5.74) is 2.09. The molecule has 0 fully saturated rings. The minimum Gasteiger partial charge on any atom is -0.455 e. The van der Waals surface area contributed by atoms with Crippen LogP contribution < -0.4 is 0 Å². The maximum absolute atomic E-state index is 12.1. The van der Waals surface area contributed by atoms with Crippen molar-refractivity contribution in [3.05, 3.63) is 53.6 Å². The minimum absolute atomic E-state index is 0.278. The van der Waals surface area contributed by atoms with Gasteiger partial charge in [0.2, 0.25) is 0 Å². The Balaban J connectivity index is 0.000000774. The number of ether oxygens (including phenoxy) is 1. The first kappa shape index (κ1) is 15.3. The van der Waals surface area contributed by atoms with E-state index in [0.29, 0.717) is 18.7 Å². The van der Waals surface area contributed by atoms with E-state index in [1.165, 1.54) is 0 Å². The zero-order valence-corrected chi connectivity index (χ0v) is 13.1. The van der Waals surface area contributed by atoms with Crippen LogP contribution in [-0.4, -0.2) is 21.1 Å². The van der Waals surface area contributed by atoms with Gasteiger partial charge in [-0.1, -0.05) is 44.2 Å². The van der Waals surface area contributed by atoms with Crippen molar-refractivity contribution in [1.29, 1.82) is 0 Å². The fraction of sp³-hybridized carbons (Fsp3) is 0.412. The van der Waals surface area contributed by atoms with Gasteiger partial charge in [0.05, 0.1) is 12.0 Å². The van der Waals surface area contributed by atoms with Crippen LogP contribution in [0.4, 0.5) is 0 Å². The number of nitrogens with zero attached hydrogens (tertiary/aromatic N) is 2. The molecule has 4 nitrogen and oxygen atoms in total. The lowest BCUT2D eigenvalue weighted by Crippen LogP contribution is -2.36. The largest absolute Gasteiger partial charge is 0.455 e. The van der Waals surface area contributed by atoms with Crippen LogP contribution in [0.5, 0.6) is 0 Å². The van der Waals surface area contributed by atoms with Gasteiger partial charge in [0.15, 0.2) is 5.69 Å². The Morgan fingerprint density at radius 2 is 1.90 bits per heavy atom. The summed E-state index contributed by atoms with van der Waals surface area (Å²) in [6.45, 7) is 8.45. The van der Waals surface area contributed by atoms with Gasteiger partial charge in [-0.3, -0.25) is 0 Å². The van der Waals surface area contributed by atoms with Gasteiger partial charge in [0, 0.05) is 13.0 Å². The molecule has 21 heavy (non-hydrogen) atoms. The summed E-state index contributed by atoms with van der Waals surface area (Å²) in [5, 5.41) is 0. The quantitative estimate of drug-likeness (QED) is 0.794. The number of carbonyl (C=O) groups excluding carboxylic acids is 1. The molecule has 0 saturated carbocycles. The number of rotatable bonds is 2. The molecule has 0 amide bonds. The summed E-state index contributed by atoms with van der Waals surface area (Å²) in [6.07, 6.45) is 2.39. The third-order valence-electron chi connectivity index (χ3n) is 3.26. The summed E-state index contributed by atoms with van der Waals surface area (Å²) in [5.74, 6) is -0.278. The second-order valence-corrected chi connectivity index (χ2v) is 5.48. The lowest BCUT2D eigenvalue weighted by atomic mass is 9.98. The maximum atomic E-state index is 12.1. The summed E-state index contributed by atoms with van der Waals surface area (Å²) in [4.78, 5) is 16.5. The molecule has 0 bridgehead atoms. The van der Waals surface area contributed by atoms with E-state index >= 15 is 0 Å². The van der Waals surface area contributed by atoms with E-state index in [1.807, 2.05) is 62.6 Å². The molecule has 1 aliphatic rings. The van der Waals surface area contributed by atoms with Crippen molar-refractivity contribution in [2.24, 2.45) is 0 Å². The van der Waals surface area contributed by atoms with Gasteiger partial charge >= 0.3 is 5.97 Å². The lowest BCUT2D eigenvalue weighted by Gasteiger charge is -2.29. The van der Waals surface area contributed by atoms with Gasteiger partial charge in [-0.2, -0.15) is 0 Å². The number of aromatic nitrogens is 2. The number of fused-ring (bicyclic) bond motifs is 1. The number of imidazole rings is 1. The molecule has 3 rings (SSSR count). The summed E-state index contributed by atoms with van der Waals surface area (Å²) < 4.78 is 7.30. The fourth-order valence-corrected chi connectivity index (χ4v) is 2.43. The zero-order chi connectivity index (χ0) is 15.5. The normalized spacial score (nSPS) is 15.5. The van der Waals surface area contributed by atoms with Crippen LogP contribution in [0.15, 0.2) is 36.7 Å². The molecule has 1 aromatic heterocycles. The molecule has 2 aromatic rings. The fourth-order valence-electron chi connectivity index (χ4n) is 2.43. The van der Waals surface area contributed by atoms with Crippen LogP contribution >= 0.6 is 0 Å². The first-order chi connectivity index (χ1) is 10.1. The van der Waals surface area contributed by atoms with Crippen LogP contribution in [-0.2, 0) is 17.7 Å². The predicted molar refractivity (Wildman–Crippen MR) is 82.3 cm³/mol. The molecular formula is C17H22N2O2. The van der Waals surface area contributed by atoms with E-state index in [4.69, 9.17) is 4.74 Å². The van der Waals surface area contributed by atoms with E-state index in [1.54, 1.807) is 6.33 Å². The molecule has 0 atom stereocenters. The Bertz CT molecular complexity index is 615. The topological polar surface area (TPSA) is 44.1 Å². The van der Waals surface area contributed by atoms with Gasteiger partial charge in [0.25, 0.3) is 0 Å². The SMILES string of the molecule is CC.CC1(C)Cc2ncn(Cc3ccccc3)c2C(=O)O1. The lowest BCUT2D eigenvalue weighted by molar-refractivity contribution is -0.00823. The Morgan fingerprint density at radius 3 is 2.57 bits per heavy atom. The number of esters is 1. The third kappa shape index (κ3) is 3.32. The van der Waals surface area contributed by atoms with Crippen molar-refractivity contribution in [1.82, 2.24) is 9.55 Å². The Morgan fingerprint density at radius 1 is 1.24 bits per heavy atom. The van der Waals surface area contributed by atoms with Gasteiger partial charge in [-0.15, -0.1) is 0 Å². The van der Waals surface area contributed by atoms with Crippen molar-refractivity contribution in [2.45, 2.75) is 46.3 Å². The van der Waals surface area contributed by atoms with E-state index < -0.39 is 5.60 Å². The first-order valence-corrected chi connectivity index (χ1v) is 7.36. The summed E-state index contributed by atoms with van der Waals surface area (Å²) in [6, 6.07) is 10.0. The number of cyclic esters (lactones) is 1. The third-order valence-corrected chi connectivity index (χ3v) is 3.26. The van der Waals surface area contributed by atoms with E-state index in [9.17, 15) is 4.79 Å². The molecule has 2 heterocycles. The highest BCUT2D eigenvalue weighted by atomic mass is 16.6. The Hall–Kier alpha value is -2.10. The highest BCUT2D eigenvalue weighted by Crippen LogP contribution is 2.27. The van der Waals surface area contributed by atoms with E-state index in [0.717, 1.165) is 11.3 Å². The standard InChI is InChI=1S/C15H16N2O2.C2H6/c1-15(2)8-12-13(14(18)19-15)17(10-16-12)9-11-6-4-3-5-7-11;1-2/h3-7,10H,8-9H2,1-2H3;1-2H3. The van der Waals surface area contributed by atoms with Crippen molar-refractivity contribution in [3.63, 3.8) is 0 Å². The number of hydrogen-bond acceptors (Lipinski definition) is 3. The zero-order valence-electron chi connectivity index (χ0n) is 13.1. The van der Waals surface area contributed by atoms with Crippen molar-refractivity contribution in [3.8, 4) is 0 Å². The second-order valence-electron chi connectivity index (χ2n) is 5.48. The summed E-state index contributed by atoms with van der Waals surface area (Å²) >= 11 is 0. The van der Waals surface area contributed by atoms with Crippen LogP contribution in [0.2, 0.25) is 0 Å². The van der Waals surface area contributed by atoms with Crippen molar-refractivity contribution < 1.29 is 9.53 Å². The van der Waals surface area contributed by atoms with Crippen molar-refractivity contribution in [2.75, 3.05) is 0 Å². The van der Waals surface area contributed by atoms with Crippen LogP contribution in [0.3, 0.4) is 0 Å². The number of carbonyl (C=O) groups is 1. The van der Waals surface area contributed by atoms with Crippen LogP contribution in [0.1, 0.15) is 49.4 Å². The highest BCUT2D eigenvalue weighted by molar-refractivity contribution is 5.90. The predicted octanol–water partition coefficient (Wildman–Crippen LogP) is 3.45. The molecule has 0 saturated heterocycles. The molecule has 0 unspecified atom stereocenters. The van der Waals surface area contributed by atoms with E-state index in [2.05, 4.69) is 4.98 Å². The molecule has 1 aromatic carbocycles. The van der Waals surface area contributed by atoms with Gasteiger partial charge in [-0.25, -0.2) is 9.78 Å². The van der Waals surface area contributed by atoms with Gasteiger partial charge in [0.1, 0.15) is 5.60 Å². The average molecular weight is 286 g/mol. The first-order valence-electron chi connectivity index (χ1n) is 7.36. The molecule has 0 N–H and O–H groups in total. The molecule has 1 aliphatic heterocycles. The van der Waals surface area contributed by atoms with Gasteiger partial charge in [-0.05, 0) is 19.4 Å². The molecular weight excluding hydrogens is 264 g/mol. The average Bonchev–Trinajstić information content (AvgIpc) is 2.83. The number of benzene rings is 1. The molecule has 0 aliphatic carbocycles. The Labute approximate surface area is 125 Å². The van der Waals surface area contributed by atoms with Crippen LogP contribution in [0, 0.1) is 0 Å². The minimum atomic E-state index is -0.462. The molecule has 112 valence electrons. The maximum Gasteiger partial charge on any atom is 0.357 e. The number of hydrogen-bond donors (Lipinski definition) is 0. The van der Waals surface area contributed by atoms with Crippen molar-refractivity contribution >= 4 is 5.97 Å². The molecule has 4 heteroatoms. The summed E-state index contributed by atoms with van der Waals surface area (Å²) in [7, 11) is 0.